The monoisotopic (exact) mass is 235 g/mol. The summed E-state index contributed by atoms with van der Waals surface area (Å²) >= 11 is 0. The molecule has 3 rings (SSSR count). The second kappa shape index (κ2) is 4.97. The molecule has 3 heteroatoms. The molecule has 0 heterocycles. The molecule has 0 spiro atoms. The highest BCUT2D eigenvalue weighted by atomic mass is 15.3. The molecule has 0 aromatic rings. The summed E-state index contributed by atoms with van der Waals surface area (Å²) in [6.45, 7) is 0. The van der Waals surface area contributed by atoms with Gasteiger partial charge in [-0.15, -0.1) is 0 Å². The second-order valence-electron chi connectivity index (χ2n) is 6.09. The van der Waals surface area contributed by atoms with Crippen LogP contribution in [0.25, 0.3) is 0 Å². The number of aliphatic imine (C=N–C) groups is 1. The van der Waals surface area contributed by atoms with Gasteiger partial charge in [-0.25, -0.2) is 5.84 Å². The van der Waals surface area contributed by atoms with Crippen molar-refractivity contribution in [3.63, 3.8) is 0 Å². The number of nitrogens with two attached hydrogens (primary N) is 1. The van der Waals surface area contributed by atoms with Crippen molar-refractivity contribution < 1.29 is 0 Å². The lowest BCUT2D eigenvalue weighted by molar-refractivity contribution is 0.574. The molecule has 2 atom stereocenters. The first kappa shape index (κ1) is 11.5. The molecular formula is C14H25N3. The number of rotatable bonds is 2. The summed E-state index contributed by atoms with van der Waals surface area (Å²) in [7, 11) is 0. The van der Waals surface area contributed by atoms with Gasteiger partial charge in [-0.1, -0.05) is 32.1 Å². The fourth-order valence-electron chi connectivity index (χ4n) is 4.03. The van der Waals surface area contributed by atoms with Gasteiger partial charge in [-0.2, -0.15) is 0 Å². The first-order valence-electron chi connectivity index (χ1n) is 7.44. The fourth-order valence-corrected chi connectivity index (χ4v) is 4.03. The number of hydrogen-bond acceptors (Lipinski definition) is 2. The largest absolute Gasteiger partial charge is 0.312 e. The number of hydrazine groups is 1. The third-order valence-corrected chi connectivity index (χ3v) is 5.02. The van der Waals surface area contributed by atoms with Crippen LogP contribution in [-0.2, 0) is 0 Å². The Morgan fingerprint density at radius 1 is 0.882 bits per heavy atom. The molecule has 3 nitrogen and oxygen atoms in total. The Kier molecular flexibility index (Phi) is 3.37. The fraction of sp³-hybridized carbons (Fsp3) is 0.929. The van der Waals surface area contributed by atoms with Gasteiger partial charge in [0.25, 0.3) is 0 Å². The predicted octanol–water partition coefficient (Wildman–Crippen LogP) is 2.62. The molecular weight excluding hydrogens is 210 g/mol. The standard InChI is InChI=1S/C14H25N3/c15-17-14(13-11-8-5-9-12(11)13)16-10-6-3-1-2-4-7-10/h10-13H,1-9,15H2,(H,16,17). The van der Waals surface area contributed by atoms with Crippen molar-refractivity contribution in [3.8, 4) is 0 Å². The van der Waals surface area contributed by atoms with E-state index in [-0.39, 0.29) is 0 Å². The van der Waals surface area contributed by atoms with E-state index in [9.17, 15) is 0 Å². The van der Waals surface area contributed by atoms with Crippen LogP contribution in [0.1, 0.15) is 57.8 Å². The second-order valence-corrected chi connectivity index (χ2v) is 6.09. The predicted molar refractivity (Wildman–Crippen MR) is 70.6 cm³/mol. The van der Waals surface area contributed by atoms with Gasteiger partial charge in [0.05, 0.1) is 6.04 Å². The van der Waals surface area contributed by atoms with Crippen LogP contribution in [0.3, 0.4) is 0 Å². The minimum atomic E-state index is 0.546. The minimum Gasteiger partial charge on any atom is -0.312 e. The highest BCUT2D eigenvalue weighted by molar-refractivity contribution is 5.87. The number of fused-ring (bicyclic) bond motifs is 1. The van der Waals surface area contributed by atoms with Gasteiger partial charge in [0.15, 0.2) is 0 Å². The van der Waals surface area contributed by atoms with E-state index in [1.807, 2.05) is 0 Å². The van der Waals surface area contributed by atoms with Crippen LogP contribution in [-0.4, -0.2) is 11.9 Å². The molecule has 3 N–H and O–H groups in total. The normalized spacial score (nSPS) is 38.6. The van der Waals surface area contributed by atoms with E-state index in [0.29, 0.717) is 12.0 Å². The van der Waals surface area contributed by atoms with Gasteiger partial charge >= 0.3 is 0 Å². The molecule has 0 amide bonds. The van der Waals surface area contributed by atoms with Crippen molar-refractivity contribution in [3.05, 3.63) is 0 Å². The molecule has 0 radical (unpaired) electrons. The van der Waals surface area contributed by atoms with Crippen molar-refractivity contribution >= 4 is 5.84 Å². The van der Waals surface area contributed by atoms with Gasteiger partial charge in [0.1, 0.15) is 5.84 Å². The molecule has 0 bridgehead atoms. The smallest absolute Gasteiger partial charge is 0.114 e. The zero-order valence-electron chi connectivity index (χ0n) is 10.7. The van der Waals surface area contributed by atoms with Crippen LogP contribution in [0.4, 0.5) is 0 Å². The van der Waals surface area contributed by atoms with Crippen molar-refractivity contribution in [1.82, 2.24) is 5.43 Å². The van der Waals surface area contributed by atoms with Crippen molar-refractivity contribution in [1.29, 1.82) is 0 Å². The molecule has 0 aromatic carbocycles. The Balaban J connectivity index is 1.63. The van der Waals surface area contributed by atoms with Gasteiger partial charge in [-0.05, 0) is 37.5 Å². The molecule has 0 saturated heterocycles. The van der Waals surface area contributed by atoms with Gasteiger partial charge in [0.2, 0.25) is 0 Å². The van der Waals surface area contributed by atoms with Crippen LogP contribution in [0.5, 0.6) is 0 Å². The molecule has 0 aliphatic heterocycles. The van der Waals surface area contributed by atoms with E-state index in [0.717, 1.165) is 17.7 Å². The van der Waals surface area contributed by atoms with Gasteiger partial charge < -0.3 is 5.43 Å². The summed E-state index contributed by atoms with van der Waals surface area (Å²) in [5.41, 5.74) is 2.91. The third kappa shape index (κ3) is 2.35. The maximum Gasteiger partial charge on any atom is 0.114 e. The van der Waals surface area contributed by atoms with Crippen LogP contribution in [0.15, 0.2) is 4.99 Å². The summed E-state index contributed by atoms with van der Waals surface area (Å²) in [4.78, 5) is 4.94. The summed E-state index contributed by atoms with van der Waals surface area (Å²) in [5.74, 6) is 9.34. The summed E-state index contributed by atoms with van der Waals surface area (Å²) in [6, 6.07) is 0.546. The Labute approximate surface area is 104 Å². The Morgan fingerprint density at radius 2 is 1.53 bits per heavy atom. The molecule has 17 heavy (non-hydrogen) atoms. The minimum absolute atomic E-state index is 0.546. The lowest BCUT2D eigenvalue weighted by Gasteiger charge is -2.13. The zero-order valence-corrected chi connectivity index (χ0v) is 10.7. The number of amidine groups is 1. The van der Waals surface area contributed by atoms with Crippen molar-refractivity contribution in [2.24, 2.45) is 28.6 Å². The van der Waals surface area contributed by atoms with Gasteiger partial charge in [0, 0.05) is 5.92 Å². The summed E-state index contributed by atoms with van der Waals surface area (Å²) in [5, 5.41) is 0. The van der Waals surface area contributed by atoms with Crippen LogP contribution in [0, 0.1) is 17.8 Å². The van der Waals surface area contributed by atoms with E-state index in [1.54, 1.807) is 0 Å². The number of nitrogens with zero attached hydrogens (tertiary/aromatic N) is 1. The maximum absolute atomic E-state index is 5.69. The third-order valence-electron chi connectivity index (χ3n) is 5.02. The Hall–Kier alpha value is -0.570. The van der Waals surface area contributed by atoms with Crippen LogP contribution < -0.4 is 11.3 Å². The molecule has 3 aliphatic rings. The van der Waals surface area contributed by atoms with E-state index >= 15 is 0 Å². The topological polar surface area (TPSA) is 50.4 Å². The maximum atomic E-state index is 5.69. The summed E-state index contributed by atoms with van der Waals surface area (Å²) in [6.07, 6.45) is 12.3. The van der Waals surface area contributed by atoms with Crippen LogP contribution >= 0.6 is 0 Å². The average molecular weight is 235 g/mol. The van der Waals surface area contributed by atoms with E-state index in [2.05, 4.69) is 5.43 Å². The van der Waals surface area contributed by atoms with E-state index < -0.39 is 0 Å². The van der Waals surface area contributed by atoms with E-state index in [1.165, 1.54) is 57.8 Å². The lowest BCUT2D eigenvalue weighted by Crippen LogP contribution is -2.34. The SMILES string of the molecule is NNC(=NC1CCCCCC1)C1C2CCCC21. The van der Waals surface area contributed by atoms with Gasteiger partial charge in [-0.3, -0.25) is 4.99 Å². The summed E-state index contributed by atoms with van der Waals surface area (Å²) < 4.78 is 0. The Bertz CT molecular complexity index is 282. The van der Waals surface area contributed by atoms with E-state index in [4.69, 9.17) is 10.8 Å². The van der Waals surface area contributed by atoms with Crippen molar-refractivity contribution in [2.45, 2.75) is 63.8 Å². The Morgan fingerprint density at radius 3 is 2.12 bits per heavy atom. The first-order valence-corrected chi connectivity index (χ1v) is 7.44. The highest BCUT2D eigenvalue weighted by Gasteiger charge is 2.55. The first-order chi connectivity index (χ1) is 8.40. The molecule has 3 fully saturated rings. The molecule has 3 saturated carbocycles. The molecule has 0 aromatic heterocycles. The van der Waals surface area contributed by atoms with Crippen LogP contribution in [0.2, 0.25) is 0 Å². The number of hydrogen-bond donors (Lipinski definition) is 2. The average Bonchev–Trinajstić information content (AvgIpc) is 2.94. The lowest BCUT2D eigenvalue weighted by atomic mass is 10.1. The molecule has 2 unspecified atom stereocenters. The zero-order chi connectivity index (χ0) is 11.7. The van der Waals surface area contributed by atoms with Crippen molar-refractivity contribution in [2.75, 3.05) is 0 Å². The molecule has 96 valence electrons. The number of nitrogens with one attached hydrogen (secondary N) is 1. The quantitative estimate of drug-likeness (QED) is 0.254. The molecule has 3 aliphatic carbocycles. The highest BCUT2D eigenvalue weighted by Crippen LogP contribution is 2.57.